The van der Waals surface area contributed by atoms with Crippen LogP contribution in [-0.2, 0) is 12.7 Å². The van der Waals surface area contributed by atoms with Crippen LogP contribution in [0.4, 0.5) is 24.8 Å². The van der Waals surface area contributed by atoms with Gasteiger partial charge in [-0.15, -0.1) is 0 Å². The van der Waals surface area contributed by atoms with E-state index in [4.69, 9.17) is 17.3 Å². The zero-order valence-electron chi connectivity index (χ0n) is 12.6. The first-order chi connectivity index (χ1) is 11.8. The van der Waals surface area contributed by atoms with Crippen LogP contribution in [-0.4, -0.2) is 19.7 Å². The van der Waals surface area contributed by atoms with Crippen molar-refractivity contribution in [3.63, 3.8) is 0 Å². The van der Waals surface area contributed by atoms with Gasteiger partial charge in [0.2, 0.25) is 0 Å². The fourth-order valence-corrected chi connectivity index (χ4v) is 2.24. The molecule has 3 N–H and O–H groups in total. The van der Waals surface area contributed by atoms with Crippen molar-refractivity contribution < 1.29 is 13.2 Å². The SMILES string of the molecule is Nc1ncnc(NCc2ccc(-n3ccc(C(F)(F)F)n3)cc2)c1Cl. The van der Waals surface area contributed by atoms with Gasteiger partial charge in [0.25, 0.3) is 0 Å². The first-order valence-corrected chi connectivity index (χ1v) is 7.44. The zero-order valence-corrected chi connectivity index (χ0v) is 13.4. The fraction of sp³-hybridized carbons (Fsp3) is 0.133. The van der Waals surface area contributed by atoms with E-state index in [0.29, 0.717) is 18.1 Å². The van der Waals surface area contributed by atoms with Crippen molar-refractivity contribution in [3.05, 3.63) is 59.1 Å². The van der Waals surface area contributed by atoms with Gasteiger partial charge < -0.3 is 11.1 Å². The van der Waals surface area contributed by atoms with Gasteiger partial charge in [-0.05, 0) is 23.8 Å². The minimum Gasteiger partial charge on any atom is -0.382 e. The van der Waals surface area contributed by atoms with Crippen molar-refractivity contribution in [1.82, 2.24) is 19.7 Å². The van der Waals surface area contributed by atoms with E-state index < -0.39 is 11.9 Å². The van der Waals surface area contributed by atoms with Gasteiger partial charge in [0, 0.05) is 12.7 Å². The lowest BCUT2D eigenvalue weighted by Crippen LogP contribution is -2.07. The second-order valence-corrected chi connectivity index (χ2v) is 5.46. The van der Waals surface area contributed by atoms with E-state index in [9.17, 15) is 13.2 Å². The molecule has 0 bridgehead atoms. The molecule has 0 radical (unpaired) electrons. The Kier molecular flexibility index (Phi) is 4.49. The van der Waals surface area contributed by atoms with E-state index in [0.717, 1.165) is 11.6 Å². The van der Waals surface area contributed by atoms with E-state index in [1.54, 1.807) is 24.3 Å². The van der Waals surface area contributed by atoms with Gasteiger partial charge in [-0.3, -0.25) is 0 Å². The highest BCUT2D eigenvalue weighted by Crippen LogP contribution is 2.28. The molecule has 0 unspecified atom stereocenters. The highest BCUT2D eigenvalue weighted by Gasteiger charge is 2.33. The quantitative estimate of drug-likeness (QED) is 0.736. The normalized spacial score (nSPS) is 11.5. The molecule has 1 aromatic carbocycles. The van der Waals surface area contributed by atoms with Gasteiger partial charge in [0.05, 0.1) is 5.69 Å². The molecule has 2 aromatic heterocycles. The summed E-state index contributed by atoms with van der Waals surface area (Å²) >= 11 is 5.99. The molecule has 0 aliphatic carbocycles. The lowest BCUT2D eigenvalue weighted by atomic mass is 10.2. The van der Waals surface area contributed by atoms with Crippen LogP contribution in [0.25, 0.3) is 5.69 Å². The number of nitrogens with one attached hydrogen (secondary N) is 1. The Morgan fingerprint density at radius 2 is 1.84 bits per heavy atom. The van der Waals surface area contributed by atoms with Gasteiger partial charge in [-0.2, -0.15) is 18.3 Å². The molecule has 0 amide bonds. The van der Waals surface area contributed by atoms with Gasteiger partial charge in [-0.25, -0.2) is 14.6 Å². The van der Waals surface area contributed by atoms with Crippen molar-refractivity contribution in [2.24, 2.45) is 0 Å². The molecule has 0 atom stereocenters. The molecule has 3 aromatic rings. The van der Waals surface area contributed by atoms with Crippen LogP contribution < -0.4 is 11.1 Å². The van der Waals surface area contributed by atoms with Crippen molar-refractivity contribution in [1.29, 1.82) is 0 Å². The topological polar surface area (TPSA) is 81.6 Å². The van der Waals surface area contributed by atoms with Crippen molar-refractivity contribution in [2.75, 3.05) is 11.1 Å². The minimum atomic E-state index is -4.46. The maximum Gasteiger partial charge on any atom is 0.435 e. The molecular formula is C15H12ClF3N6. The largest absolute Gasteiger partial charge is 0.435 e. The number of hydrogen-bond donors (Lipinski definition) is 2. The first kappa shape index (κ1) is 17.0. The monoisotopic (exact) mass is 368 g/mol. The van der Waals surface area contributed by atoms with E-state index >= 15 is 0 Å². The number of rotatable bonds is 4. The Morgan fingerprint density at radius 3 is 2.48 bits per heavy atom. The van der Waals surface area contributed by atoms with Crippen LogP contribution in [0.1, 0.15) is 11.3 Å². The van der Waals surface area contributed by atoms with Crippen LogP contribution in [0, 0.1) is 0 Å². The summed E-state index contributed by atoms with van der Waals surface area (Å²) in [6.07, 6.45) is -1.91. The summed E-state index contributed by atoms with van der Waals surface area (Å²) in [5.41, 5.74) is 6.05. The van der Waals surface area contributed by atoms with Crippen molar-refractivity contribution in [2.45, 2.75) is 12.7 Å². The average molecular weight is 369 g/mol. The third kappa shape index (κ3) is 3.82. The summed E-state index contributed by atoms with van der Waals surface area (Å²) in [6, 6.07) is 7.78. The highest BCUT2D eigenvalue weighted by atomic mass is 35.5. The number of alkyl halides is 3. The maximum absolute atomic E-state index is 12.6. The van der Waals surface area contributed by atoms with Gasteiger partial charge in [0.15, 0.2) is 11.5 Å². The number of benzene rings is 1. The number of aromatic nitrogens is 4. The van der Waals surface area contributed by atoms with E-state index in [2.05, 4.69) is 20.4 Å². The number of anilines is 2. The third-order valence-corrected chi connectivity index (χ3v) is 3.73. The molecule has 130 valence electrons. The molecule has 0 spiro atoms. The van der Waals surface area contributed by atoms with E-state index in [1.165, 1.54) is 17.2 Å². The Bertz CT molecular complexity index is 876. The number of nitrogen functional groups attached to an aromatic ring is 1. The molecule has 3 rings (SSSR count). The van der Waals surface area contributed by atoms with Crippen LogP contribution in [0.3, 0.4) is 0 Å². The molecule has 0 saturated heterocycles. The summed E-state index contributed by atoms with van der Waals surface area (Å²) in [6.45, 7) is 0.406. The third-order valence-electron chi connectivity index (χ3n) is 3.36. The highest BCUT2D eigenvalue weighted by molar-refractivity contribution is 6.35. The average Bonchev–Trinajstić information content (AvgIpc) is 3.07. The number of hydrogen-bond acceptors (Lipinski definition) is 5. The lowest BCUT2D eigenvalue weighted by Gasteiger charge is -2.09. The maximum atomic E-state index is 12.6. The van der Waals surface area contributed by atoms with Crippen LogP contribution >= 0.6 is 11.6 Å². The van der Waals surface area contributed by atoms with Gasteiger partial charge in [-0.1, -0.05) is 23.7 Å². The minimum absolute atomic E-state index is 0.175. The predicted molar refractivity (Wildman–Crippen MR) is 87.3 cm³/mol. The molecule has 0 fully saturated rings. The first-order valence-electron chi connectivity index (χ1n) is 7.06. The lowest BCUT2D eigenvalue weighted by molar-refractivity contribution is -0.141. The fourth-order valence-electron chi connectivity index (χ4n) is 2.08. The van der Waals surface area contributed by atoms with Crippen LogP contribution in [0.15, 0.2) is 42.9 Å². The molecule has 25 heavy (non-hydrogen) atoms. The molecule has 6 nitrogen and oxygen atoms in total. The number of nitrogens with two attached hydrogens (primary N) is 1. The number of nitrogens with zero attached hydrogens (tertiary/aromatic N) is 4. The summed E-state index contributed by atoms with van der Waals surface area (Å²) in [5.74, 6) is 0.578. The van der Waals surface area contributed by atoms with Crippen LogP contribution in [0.5, 0.6) is 0 Å². The standard InChI is InChI=1S/C15H12ClF3N6/c16-12-13(20)22-8-23-14(12)21-7-9-1-3-10(4-2-9)25-6-5-11(24-25)15(17,18)19/h1-6,8H,7H2,(H3,20,21,22,23). The molecular weight excluding hydrogens is 357 g/mol. The second kappa shape index (κ2) is 6.60. The molecule has 0 saturated carbocycles. The van der Waals surface area contributed by atoms with E-state index in [1.807, 2.05) is 0 Å². The van der Waals surface area contributed by atoms with E-state index in [-0.39, 0.29) is 10.8 Å². The smallest absolute Gasteiger partial charge is 0.382 e. The van der Waals surface area contributed by atoms with Crippen molar-refractivity contribution >= 4 is 23.2 Å². The summed E-state index contributed by atoms with van der Waals surface area (Å²) in [7, 11) is 0. The number of halogens is 4. The molecule has 2 heterocycles. The second-order valence-electron chi connectivity index (χ2n) is 5.08. The van der Waals surface area contributed by atoms with Gasteiger partial charge in [0.1, 0.15) is 17.2 Å². The summed E-state index contributed by atoms with van der Waals surface area (Å²) < 4.78 is 38.9. The predicted octanol–water partition coefficient (Wildman–Crippen LogP) is 3.53. The summed E-state index contributed by atoms with van der Waals surface area (Å²) in [5, 5.41) is 6.77. The summed E-state index contributed by atoms with van der Waals surface area (Å²) in [4.78, 5) is 7.75. The Balaban J connectivity index is 1.70. The molecule has 0 aliphatic heterocycles. The van der Waals surface area contributed by atoms with Crippen LogP contribution in [0.2, 0.25) is 5.02 Å². The molecule has 0 aliphatic rings. The Hall–Kier alpha value is -2.81. The zero-order chi connectivity index (χ0) is 18.0. The Labute approximate surface area is 145 Å². The van der Waals surface area contributed by atoms with Gasteiger partial charge >= 0.3 is 6.18 Å². The Morgan fingerprint density at radius 1 is 1.12 bits per heavy atom. The molecule has 10 heteroatoms. The van der Waals surface area contributed by atoms with Crippen molar-refractivity contribution in [3.8, 4) is 5.69 Å².